The van der Waals surface area contributed by atoms with Crippen molar-refractivity contribution in [3.05, 3.63) is 227 Å². The van der Waals surface area contributed by atoms with Crippen molar-refractivity contribution >= 4 is 62.2 Å². The minimum Gasteiger partial charge on any atom is -0.748 e. The number of fused-ring (bicyclic) bond motifs is 6. The van der Waals surface area contributed by atoms with Crippen molar-refractivity contribution < 1.29 is 51.8 Å². The molecule has 0 unspecified atom stereocenters. The number of carbonyl (C=O) groups is 3. The summed E-state index contributed by atoms with van der Waals surface area (Å²) in [5, 5.41) is 32.6. The number of carboxylic acids is 3. The molecule has 2 aromatic heterocycles. The first-order chi connectivity index (χ1) is 43.9. The summed E-state index contributed by atoms with van der Waals surface area (Å²) in [4.78, 5) is 39.1. The Kier molecular flexibility index (Phi) is 25.1. The highest BCUT2D eigenvalue weighted by Crippen LogP contribution is 2.42. The van der Waals surface area contributed by atoms with Gasteiger partial charge in [0, 0.05) is 140 Å². The highest BCUT2D eigenvalue weighted by atomic mass is 32.2. The molecule has 0 radical (unpaired) electrons. The number of para-hydroxylation sites is 4. The average Bonchev–Trinajstić information content (AvgIpc) is 1.57. The van der Waals surface area contributed by atoms with Gasteiger partial charge in [-0.25, -0.2) is 17.6 Å². The number of aryl methyl sites for hydroxylation is 2. The Bertz CT molecular complexity index is 3720. The van der Waals surface area contributed by atoms with Crippen LogP contribution < -0.4 is 39.2 Å². The molecule has 5 heterocycles. The van der Waals surface area contributed by atoms with Gasteiger partial charge in [0.05, 0.1) is 10.1 Å². The van der Waals surface area contributed by atoms with Gasteiger partial charge in [-0.15, -0.1) is 0 Å². The van der Waals surface area contributed by atoms with Gasteiger partial charge in [0.25, 0.3) is 0 Å². The maximum absolute atomic E-state index is 11.3. The molecule has 11 rings (SSSR count). The van der Waals surface area contributed by atoms with Crippen LogP contribution >= 0.6 is 0 Å². The van der Waals surface area contributed by atoms with E-state index in [1.165, 1.54) is 87.3 Å². The number of pyridine rings is 2. The quantitative estimate of drug-likeness (QED) is 0.0316. The van der Waals surface area contributed by atoms with E-state index in [-0.39, 0.29) is 25.0 Å². The number of hydrogen-bond donors (Lipinski definition) is 0. The van der Waals surface area contributed by atoms with Crippen molar-refractivity contribution in [1.82, 2.24) is 0 Å². The van der Waals surface area contributed by atoms with Gasteiger partial charge < -0.3 is 49.0 Å². The van der Waals surface area contributed by atoms with Crippen LogP contribution in [0.15, 0.2) is 183 Å². The smallest absolute Gasteiger partial charge is 0.169 e. The molecule has 6 aromatic carbocycles. The van der Waals surface area contributed by atoms with Gasteiger partial charge in [-0.3, -0.25) is 0 Å². The molecule has 0 fully saturated rings. The van der Waals surface area contributed by atoms with Crippen molar-refractivity contribution in [3.63, 3.8) is 0 Å². The molecule has 0 spiro atoms. The van der Waals surface area contributed by atoms with Crippen LogP contribution in [0.1, 0.15) is 136 Å². The van der Waals surface area contributed by atoms with E-state index in [1.807, 2.05) is 114 Å². The molecule has 0 bridgehead atoms. The Morgan fingerprint density at radius 3 is 1.27 bits per heavy atom. The summed E-state index contributed by atoms with van der Waals surface area (Å²) in [7, 11) is -2.11. The monoisotopic (exact) mass is 1250 g/mol. The van der Waals surface area contributed by atoms with Crippen LogP contribution in [0.3, 0.4) is 0 Å². The van der Waals surface area contributed by atoms with Crippen molar-refractivity contribution in [3.8, 4) is 11.1 Å². The second-order valence-electron chi connectivity index (χ2n) is 24.0. The predicted octanol–water partition coefficient (Wildman–Crippen LogP) is 10.7. The Balaban J connectivity index is 0.000000160. The Hall–Kier alpha value is -8.66. The highest BCUT2D eigenvalue weighted by molar-refractivity contribution is 7.85. The topological polar surface area (TPSA) is 195 Å². The van der Waals surface area contributed by atoms with Crippen LogP contribution in [0.25, 0.3) is 11.1 Å². The minimum atomic E-state index is -4.09. The Labute approximate surface area is 538 Å². The summed E-state index contributed by atoms with van der Waals surface area (Å²) in [5.41, 5.74) is 19.6. The van der Waals surface area contributed by atoms with Crippen LogP contribution in [0, 0.1) is 11.8 Å². The summed E-state index contributed by atoms with van der Waals surface area (Å²) in [6.45, 7) is 11.3. The maximum atomic E-state index is 11.3. The zero-order valence-corrected chi connectivity index (χ0v) is 54.3. The van der Waals surface area contributed by atoms with Gasteiger partial charge in [0.15, 0.2) is 24.8 Å². The third-order valence-corrected chi connectivity index (χ3v) is 18.4. The van der Waals surface area contributed by atoms with Crippen molar-refractivity contribution in [2.75, 3.05) is 40.1 Å². The van der Waals surface area contributed by atoms with E-state index in [9.17, 15) is 42.7 Å². The molecule has 0 saturated heterocycles. The first kappa shape index (κ1) is 68.3. The Morgan fingerprint density at radius 1 is 0.440 bits per heavy atom. The number of carboxylic acid groups (broad SMARTS) is 3. The maximum Gasteiger partial charge on any atom is 0.169 e. The molecule has 3 aliphatic rings. The summed E-state index contributed by atoms with van der Waals surface area (Å²) >= 11 is 0. The van der Waals surface area contributed by atoms with E-state index in [2.05, 4.69) is 127 Å². The van der Waals surface area contributed by atoms with Crippen LogP contribution in [0.2, 0.25) is 0 Å². The molecule has 0 atom stereocenters. The number of unbranched alkanes of at least 4 members (excludes halogenated alkanes) is 1. The number of benzene rings is 6. The third kappa shape index (κ3) is 19.7. The van der Waals surface area contributed by atoms with Crippen LogP contribution in [0.4, 0.5) is 34.1 Å². The second kappa shape index (κ2) is 33.4. The number of aliphatic carboxylic acids is 3. The molecular weight excluding hydrogens is 1160 g/mol. The van der Waals surface area contributed by atoms with Crippen molar-refractivity contribution in [2.24, 2.45) is 18.9 Å². The highest BCUT2D eigenvalue weighted by Gasteiger charge is 2.26. The van der Waals surface area contributed by atoms with E-state index < -0.39 is 28.0 Å². The Morgan fingerprint density at radius 2 is 0.824 bits per heavy atom. The first-order valence-corrected chi connectivity index (χ1v) is 33.9. The van der Waals surface area contributed by atoms with E-state index in [4.69, 9.17) is 0 Å². The normalized spacial score (nSPS) is 12.5. The zero-order chi connectivity index (χ0) is 64.9. The standard InChI is InChI=1S/C28H39NO2.C17H17NO2.C16H15NO2.C15H19N2O3S/c1-5-20(6-2)15-22-10-12-26-25(17-22)19-24-11-9-23(16-21(7-3)8-4)18-27(24)29(26)14-13-28(30)31;19-17(20)10-5-11-18-15-8-3-1-6-13(15)12-14-7-2-4-9-16(14)18;18-16(19)9-10-17-14-7-3-1-5-12(14)11-13-6-2-4-8-15(13)17;1-16-9-4-14(5-10-16)15-6-11-17(12-7-15)8-2-3-13-21(18,19)20/h9-12,17-18,20-21H,5-8,13-16,19H2,1-4H3,(H,30,31);1-4,6-9H,5,10-12H2,(H,19,20);1-8H,9-11H2,(H,18,19);4-7,9-12H,2-3,8,13H2,1H3/q;;;+1/p-3. The molecule has 0 aliphatic carbocycles. The van der Waals surface area contributed by atoms with Crippen LogP contribution in [-0.4, -0.2) is 56.3 Å². The molecule has 3 aliphatic heterocycles. The summed E-state index contributed by atoms with van der Waals surface area (Å²) in [6.07, 6.45) is 19.5. The van der Waals surface area contributed by atoms with Gasteiger partial charge in [0.1, 0.15) is 13.6 Å². The lowest BCUT2D eigenvalue weighted by Crippen LogP contribution is -2.32. The molecule has 0 saturated carbocycles. The fraction of sp³-hybridized carbons (Fsp3) is 0.355. The van der Waals surface area contributed by atoms with Crippen LogP contribution in [0.5, 0.6) is 0 Å². The van der Waals surface area contributed by atoms with Gasteiger partial charge in [-0.05, 0) is 136 Å². The van der Waals surface area contributed by atoms with E-state index in [1.54, 1.807) is 0 Å². The number of rotatable bonds is 24. The number of anilines is 6. The SMILES string of the molecule is CCC(CC)Cc1ccc2c(c1)Cc1ccc(CC(CC)CC)cc1N2CCC(=O)[O-].C[n+]1ccc(-c2cc[n+](CCCCS(=O)(=O)[O-])cc2)cc1.O=C([O-])CCCN1c2ccccc2Cc2ccccc21.O=C([O-])CCN1c2ccccc2Cc2ccccc21. The summed E-state index contributed by atoms with van der Waals surface area (Å²) in [5.74, 6) is -1.86. The van der Waals surface area contributed by atoms with Gasteiger partial charge >= 0.3 is 0 Å². The van der Waals surface area contributed by atoms with Crippen molar-refractivity contribution in [2.45, 2.75) is 131 Å². The molecule has 14 nitrogen and oxygen atoms in total. The lowest BCUT2D eigenvalue weighted by atomic mass is 9.88. The molecule has 0 N–H and O–H groups in total. The van der Waals surface area contributed by atoms with Gasteiger partial charge in [0.2, 0.25) is 0 Å². The first-order valence-electron chi connectivity index (χ1n) is 32.3. The molecule has 478 valence electrons. The fourth-order valence-corrected chi connectivity index (χ4v) is 13.0. The molecular formula is C76H87N5O9S-2. The summed E-state index contributed by atoms with van der Waals surface area (Å²) in [6, 6.07) is 54.7. The van der Waals surface area contributed by atoms with Gasteiger partial charge in [-0.1, -0.05) is 150 Å². The minimum absolute atomic E-state index is 0.0304. The van der Waals surface area contributed by atoms with Gasteiger partial charge in [-0.2, -0.15) is 0 Å². The number of aromatic nitrogens is 2. The third-order valence-electron chi connectivity index (χ3n) is 17.6. The summed E-state index contributed by atoms with van der Waals surface area (Å²) < 4.78 is 35.5. The van der Waals surface area contributed by atoms with Crippen molar-refractivity contribution in [1.29, 1.82) is 0 Å². The lowest BCUT2D eigenvalue weighted by molar-refractivity contribution is -0.697. The number of nitrogens with zero attached hydrogens (tertiary/aromatic N) is 5. The molecule has 15 heteroatoms. The van der Waals surface area contributed by atoms with E-state index in [0.717, 1.165) is 66.2 Å². The average molecular weight is 1250 g/mol. The van der Waals surface area contributed by atoms with E-state index in [0.29, 0.717) is 51.4 Å². The number of hydrogen-bond acceptors (Lipinski definition) is 12. The number of carbonyl (C=O) groups excluding carboxylic acids is 3. The molecule has 8 aromatic rings. The van der Waals surface area contributed by atoms with Crippen LogP contribution in [-0.2, 0) is 70.2 Å². The second-order valence-corrected chi connectivity index (χ2v) is 25.5. The zero-order valence-electron chi connectivity index (χ0n) is 53.4. The largest absolute Gasteiger partial charge is 0.748 e. The van der Waals surface area contributed by atoms with E-state index >= 15 is 0 Å². The fourth-order valence-electron chi connectivity index (χ4n) is 12.4. The predicted molar refractivity (Wildman–Crippen MR) is 354 cm³/mol. The molecule has 91 heavy (non-hydrogen) atoms. The lowest BCUT2D eigenvalue weighted by Gasteiger charge is -2.34. The molecule has 0 amide bonds.